The highest BCUT2D eigenvalue weighted by Gasteiger charge is 2.25. The number of rotatable bonds is 5. The second-order valence-corrected chi connectivity index (χ2v) is 6.78. The number of hydrogen-bond donors (Lipinski definition) is 1. The first-order valence-corrected chi connectivity index (χ1v) is 8.25. The zero-order valence-electron chi connectivity index (χ0n) is 12.5. The molecule has 1 aliphatic rings. The van der Waals surface area contributed by atoms with Crippen LogP contribution in [0.15, 0.2) is 35.7 Å². The number of thiophene rings is 1. The van der Waals surface area contributed by atoms with Crippen LogP contribution in [0.25, 0.3) is 0 Å². The minimum absolute atomic E-state index is 0.0563. The van der Waals surface area contributed by atoms with Crippen LogP contribution in [-0.4, -0.2) is 25.5 Å². The predicted octanol–water partition coefficient (Wildman–Crippen LogP) is 3.77. The van der Waals surface area contributed by atoms with E-state index in [2.05, 4.69) is 47.9 Å². The van der Waals surface area contributed by atoms with Crippen molar-refractivity contribution in [2.24, 2.45) is 0 Å². The number of hydrogen-bond acceptors (Lipinski definition) is 3. The fourth-order valence-corrected chi connectivity index (χ4v) is 4.02. The van der Waals surface area contributed by atoms with Gasteiger partial charge < -0.3 is 10.2 Å². The van der Waals surface area contributed by atoms with E-state index in [1.165, 1.54) is 4.88 Å². The lowest BCUT2D eigenvalue weighted by Crippen LogP contribution is -2.32. The molecule has 0 spiro atoms. The highest BCUT2D eigenvalue weighted by Crippen LogP contribution is 2.33. The molecule has 1 N–H and O–H groups in total. The van der Waals surface area contributed by atoms with Gasteiger partial charge in [0, 0.05) is 17.5 Å². The Morgan fingerprint density at radius 3 is 2.90 bits per heavy atom. The molecule has 3 rings (SSSR count). The van der Waals surface area contributed by atoms with Gasteiger partial charge in [0.05, 0.1) is 6.04 Å². The fraction of sp³-hybridized carbons (Fsp3) is 0.412. The molecule has 112 valence electrons. The van der Waals surface area contributed by atoms with Crippen molar-refractivity contribution >= 4 is 11.3 Å². The zero-order valence-corrected chi connectivity index (χ0v) is 13.3. The van der Waals surface area contributed by atoms with Crippen molar-refractivity contribution in [3.8, 4) is 0 Å². The summed E-state index contributed by atoms with van der Waals surface area (Å²) in [6.07, 6.45) is 1.83. The Labute approximate surface area is 129 Å². The van der Waals surface area contributed by atoms with Crippen LogP contribution in [0.3, 0.4) is 0 Å². The molecule has 0 saturated heterocycles. The zero-order chi connectivity index (χ0) is 14.8. The van der Waals surface area contributed by atoms with E-state index in [0.29, 0.717) is 6.04 Å². The first-order chi connectivity index (χ1) is 10.2. The standard InChI is InChI=1S/C17H21FN2S/c1-20(2)16(17-7-4-10-21-17)11-19-15-9-8-12-13(15)5-3-6-14(12)18/h3-7,10,15-16,19H,8-9,11H2,1-2H3. The molecule has 1 aromatic carbocycles. The maximum Gasteiger partial charge on any atom is 0.126 e. The first-order valence-electron chi connectivity index (χ1n) is 7.37. The van der Waals surface area contributed by atoms with Gasteiger partial charge in [-0.3, -0.25) is 0 Å². The van der Waals surface area contributed by atoms with Gasteiger partial charge in [-0.2, -0.15) is 0 Å². The van der Waals surface area contributed by atoms with E-state index in [-0.39, 0.29) is 11.9 Å². The average Bonchev–Trinajstić information content (AvgIpc) is 3.09. The summed E-state index contributed by atoms with van der Waals surface area (Å²) in [5, 5.41) is 5.75. The second kappa shape index (κ2) is 6.26. The largest absolute Gasteiger partial charge is 0.308 e. The first kappa shape index (κ1) is 14.7. The summed E-state index contributed by atoms with van der Waals surface area (Å²) in [5.74, 6) is -0.0563. The van der Waals surface area contributed by atoms with Gasteiger partial charge >= 0.3 is 0 Å². The third-order valence-corrected chi connectivity index (χ3v) is 5.24. The summed E-state index contributed by atoms with van der Waals surface area (Å²) in [5.41, 5.74) is 2.03. The Hall–Kier alpha value is -1.23. The summed E-state index contributed by atoms with van der Waals surface area (Å²) in [6, 6.07) is 10.3. The smallest absolute Gasteiger partial charge is 0.126 e. The summed E-state index contributed by atoms with van der Waals surface area (Å²) in [4.78, 5) is 3.60. The molecule has 0 fully saturated rings. The van der Waals surface area contributed by atoms with E-state index in [1.54, 1.807) is 17.4 Å². The van der Waals surface area contributed by atoms with Crippen LogP contribution >= 0.6 is 11.3 Å². The van der Waals surface area contributed by atoms with Gasteiger partial charge in [-0.1, -0.05) is 18.2 Å². The van der Waals surface area contributed by atoms with Crippen LogP contribution < -0.4 is 5.32 Å². The van der Waals surface area contributed by atoms with E-state index in [4.69, 9.17) is 0 Å². The lowest BCUT2D eigenvalue weighted by atomic mass is 10.1. The molecule has 1 aliphatic carbocycles. The van der Waals surface area contributed by atoms with Crippen molar-refractivity contribution in [1.29, 1.82) is 0 Å². The summed E-state index contributed by atoms with van der Waals surface area (Å²) >= 11 is 1.79. The van der Waals surface area contributed by atoms with Crippen LogP contribution in [0.1, 0.15) is 34.5 Å². The minimum atomic E-state index is -0.0563. The molecule has 0 saturated carbocycles. The molecule has 2 nitrogen and oxygen atoms in total. The number of nitrogens with one attached hydrogen (secondary N) is 1. The van der Waals surface area contributed by atoms with E-state index < -0.39 is 0 Å². The molecular weight excluding hydrogens is 283 g/mol. The summed E-state index contributed by atoms with van der Waals surface area (Å²) in [6.45, 7) is 0.883. The number of nitrogens with zero attached hydrogens (tertiary/aromatic N) is 1. The maximum atomic E-state index is 13.8. The van der Waals surface area contributed by atoms with Gasteiger partial charge in [0.15, 0.2) is 0 Å². The van der Waals surface area contributed by atoms with Gasteiger partial charge in [-0.15, -0.1) is 11.3 Å². The molecule has 0 amide bonds. The molecule has 2 unspecified atom stereocenters. The molecule has 2 atom stereocenters. The fourth-order valence-electron chi connectivity index (χ4n) is 3.09. The van der Waals surface area contributed by atoms with Crippen molar-refractivity contribution in [2.45, 2.75) is 24.9 Å². The molecule has 2 aromatic rings. The third-order valence-electron chi connectivity index (χ3n) is 4.27. The number of fused-ring (bicyclic) bond motifs is 1. The van der Waals surface area contributed by atoms with Gasteiger partial charge in [-0.05, 0) is 55.6 Å². The molecule has 21 heavy (non-hydrogen) atoms. The average molecular weight is 304 g/mol. The third kappa shape index (κ3) is 3.03. The Morgan fingerprint density at radius 1 is 1.33 bits per heavy atom. The van der Waals surface area contributed by atoms with Crippen molar-refractivity contribution in [3.63, 3.8) is 0 Å². The number of benzene rings is 1. The van der Waals surface area contributed by atoms with Gasteiger partial charge in [-0.25, -0.2) is 4.39 Å². The van der Waals surface area contributed by atoms with Crippen LogP contribution in [-0.2, 0) is 6.42 Å². The van der Waals surface area contributed by atoms with Crippen molar-refractivity contribution in [2.75, 3.05) is 20.6 Å². The maximum absolute atomic E-state index is 13.8. The SMILES string of the molecule is CN(C)C(CNC1CCc2c(F)cccc21)c1cccs1. The number of halogens is 1. The van der Waals surface area contributed by atoms with Crippen molar-refractivity contribution < 1.29 is 4.39 Å². The lowest BCUT2D eigenvalue weighted by molar-refractivity contribution is 0.283. The monoisotopic (exact) mass is 304 g/mol. The van der Waals surface area contributed by atoms with E-state index in [1.807, 2.05) is 6.07 Å². The molecular formula is C17H21FN2S. The van der Waals surface area contributed by atoms with Crippen LogP contribution in [0.2, 0.25) is 0 Å². The normalized spacial score (nSPS) is 19.0. The summed E-state index contributed by atoms with van der Waals surface area (Å²) in [7, 11) is 4.21. The highest BCUT2D eigenvalue weighted by atomic mass is 32.1. The lowest BCUT2D eigenvalue weighted by Gasteiger charge is -2.26. The number of likely N-dealkylation sites (N-methyl/N-ethyl adjacent to an activating group) is 1. The van der Waals surface area contributed by atoms with Crippen molar-refractivity contribution in [1.82, 2.24) is 10.2 Å². The molecule has 0 aliphatic heterocycles. The Balaban J connectivity index is 1.70. The molecule has 1 aromatic heterocycles. The molecule has 4 heteroatoms. The van der Waals surface area contributed by atoms with Crippen molar-refractivity contribution in [3.05, 3.63) is 57.5 Å². The van der Waals surface area contributed by atoms with Gasteiger partial charge in [0.1, 0.15) is 5.82 Å². The van der Waals surface area contributed by atoms with Crippen LogP contribution in [0.5, 0.6) is 0 Å². The van der Waals surface area contributed by atoms with Crippen LogP contribution in [0, 0.1) is 5.82 Å². The van der Waals surface area contributed by atoms with Gasteiger partial charge in [0.2, 0.25) is 0 Å². The Bertz CT molecular complexity index is 595. The van der Waals surface area contributed by atoms with Gasteiger partial charge in [0.25, 0.3) is 0 Å². The summed E-state index contributed by atoms with van der Waals surface area (Å²) < 4.78 is 13.8. The highest BCUT2D eigenvalue weighted by molar-refractivity contribution is 7.10. The molecule has 0 bridgehead atoms. The quantitative estimate of drug-likeness (QED) is 0.904. The topological polar surface area (TPSA) is 15.3 Å². The van der Waals surface area contributed by atoms with Crippen LogP contribution in [0.4, 0.5) is 4.39 Å². The molecule has 0 radical (unpaired) electrons. The Kier molecular flexibility index (Phi) is 4.38. The van der Waals surface area contributed by atoms with E-state index in [0.717, 1.165) is 30.5 Å². The minimum Gasteiger partial charge on any atom is -0.308 e. The van der Waals surface area contributed by atoms with E-state index in [9.17, 15) is 4.39 Å². The second-order valence-electron chi connectivity index (χ2n) is 5.80. The predicted molar refractivity (Wildman–Crippen MR) is 86.2 cm³/mol. The Morgan fingerprint density at radius 2 is 2.19 bits per heavy atom. The van der Waals surface area contributed by atoms with E-state index >= 15 is 0 Å². The molecule has 1 heterocycles.